The van der Waals surface area contributed by atoms with Crippen LogP contribution >= 0.6 is 11.8 Å². The van der Waals surface area contributed by atoms with Crippen LogP contribution in [-0.4, -0.2) is 11.4 Å². The molecule has 0 radical (unpaired) electrons. The summed E-state index contributed by atoms with van der Waals surface area (Å²) in [6.07, 6.45) is 0.781. The highest BCUT2D eigenvalue weighted by atomic mass is 32.2. The zero-order valence-corrected chi connectivity index (χ0v) is 13.8. The van der Waals surface area contributed by atoms with Gasteiger partial charge in [-0.25, -0.2) is 0 Å². The van der Waals surface area contributed by atoms with Gasteiger partial charge in [-0.1, -0.05) is 35.1 Å². The van der Waals surface area contributed by atoms with Crippen molar-refractivity contribution in [3.05, 3.63) is 69.6 Å². The lowest BCUT2D eigenvalue weighted by Crippen LogP contribution is -1.97. The third-order valence-corrected chi connectivity index (χ3v) is 3.93. The third-order valence-electron chi connectivity index (χ3n) is 3.05. The van der Waals surface area contributed by atoms with Gasteiger partial charge in [0.25, 0.3) is 0 Å². The van der Waals surface area contributed by atoms with Crippen LogP contribution in [0.1, 0.15) is 28.4 Å². The number of thioether (sulfide) groups is 1. The van der Waals surface area contributed by atoms with Crippen molar-refractivity contribution < 1.29 is 14.3 Å². The van der Waals surface area contributed by atoms with Gasteiger partial charge >= 0.3 is 0 Å². The van der Waals surface area contributed by atoms with Crippen LogP contribution in [-0.2, 0) is 17.2 Å². The van der Waals surface area contributed by atoms with Gasteiger partial charge in [0, 0.05) is 28.8 Å². The van der Waals surface area contributed by atoms with Gasteiger partial charge in [-0.15, -0.1) is 0 Å². The van der Waals surface area contributed by atoms with Gasteiger partial charge in [0.2, 0.25) is 0 Å². The molecule has 0 N–H and O–H groups in total. The van der Waals surface area contributed by atoms with Gasteiger partial charge in [0.05, 0.1) is 0 Å². The Morgan fingerprint density at radius 3 is 2.83 bits per heavy atom. The number of carbonyl (C=O) groups is 2. The number of benzene rings is 2. The molecule has 0 saturated carbocycles. The van der Waals surface area contributed by atoms with Crippen molar-refractivity contribution in [2.45, 2.75) is 19.3 Å². The molecule has 0 saturated heterocycles. The molecule has 0 atom stereocenters. The Balaban J connectivity index is 2.16. The van der Waals surface area contributed by atoms with Gasteiger partial charge in [-0.2, -0.15) is 0 Å². The summed E-state index contributed by atoms with van der Waals surface area (Å²) in [7, 11) is 0. The smallest absolute Gasteiger partial charge is 0.186 e. The van der Waals surface area contributed by atoms with Gasteiger partial charge < -0.3 is 4.74 Å². The predicted molar refractivity (Wildman–Crippen MR) is 93.4 cm³/mol. The number of hydrogen-bond donors (Lipinski definition) is 0. The van der Waals surface area contributed by atoms with Crippen LogP contribution in [0.15, 0.2) is 47.6 Å². The maximum atomic E-state index is 11.1. The molecule has 0 spiro atoms. The molecule has 0 aliphatic carbocycles. The van der Waals surface area contributed by atoms with Crippen LogP contribution in [0.3, 0.4) is 0 Å². The van der Waals surface area contributed by atoms with E-state index >= 15 is 0 Å². The summed E-state index contributed by atoms with van der Waals surface area (Å²) in [5.74, 6) is 1.01. The van der Waals surface area contributed by atoms with Crippen LogP contribution in [0.25, 0.3) is 10.4 Å². The van der Waals surface area contributed by atoms with E-state index in [1.54, 1.807) is 36.4 Å². The average Bonchev–Trinajstić information content (AvgIpc) is 2.58. The van der Waals surface area contributed by atoms with E-state index in [4.69, 9.17) is 10.3 Å². The second-order valence-corrected chi connectivity index (χ2v) is 6.11. The van der Waals surface area contributed by atoms with E-state index in [0.29, 0.717) is 22.8 Å². The second kappa shape index (κ2) is 8.76. The Labute approximate surface area is 143 Å². The molecule has 6 nitrogen and oxygen atoms in total. The van der Waals surface area contributed by atoms with Crippen LogP contribution in [0.2, 0.25) is 0 Å². The molecule has 0 heterocycles. The van der Waals surface area contributed by atoms with E-state index in [9.17, 15) is 9.59 Å². The van der Waals surface area contributed by atoms with Crippen molar-refractivity contribution in [3.8, 4) is 5.75 Å². The summed E-state index contributed by atoms with van der Waals surface area (Å²) in [6.45, 7) is 1.78. The quantitative estimate of drug-likeness (QED) is 0.313. The zero-order chi connectivity index (χ0) is 17.4. The highest BCUT2D eigenvalue weighted by Gasteiger charge is 2.04. The van der Waals surface area contributed by atoms with Crippen LogP contribution < -0.4 is 4.74 Å². The molecule has 0 amide bonds. The van der Waals surface area contributed by atoms with Gasteiger partial charge in [0.1, 0.15) is 18.6 Å². The fourth-order valence-electron chi connectivity index (χ4n) is 2.03. The highest BCUT2D eigenvalue weighted by molar-refractivity contribution is 8.12. The molecule has 2 aromatic rings. The summed E-state index contributed by atoms with van der Waals surface area (Å²) in [5, 5.41) is 3.61. The number of nitrogens with zero attached hydrogens (tertiary/aromatic N) is 3. The second-order valence-electron chi connectivity index (χ2n) is 4.96. The van der Waals surface area contributed by atoms with Crippen molar-refractivity contribution in [3.63, 3.8) is 0 Å². The molecule has 7 heteroatoms. The lowest BCUT2D eigenvalue weighted by atomic mass is 10.1. The SMILES string of the molecule is CC(=O)SCc1cc(N=[N+]=[N-])cc(OCc2cccc(C=O)c2)c1. The molecule has 0 aromatic heterocycles. The molecule has 122 valence electrons. The monoisotopic (exact) mass is 341 g/mol. The fraction of sp³-hybridized carbons (Fsp3) is 0.176. The molecular weight excluding hydrogens is 326 g/mol. The predicted octanol–water partition coefficient (Wildman–Crippen LogP) is 4.80. The first-order chi connectivity index (χ1) is 11.6. The van der Waals surface area contributed by atoms with E-state index < -0.39 is 0 Å². The summed E-state index contributed by atoms with van der Waals surface area (Å²) < 4.78 is 5.73. The maximum Gasteiger partial charge on any atom is 0.186 e. The number of carbonyl (C=O) groups excluding carboxylic acids is 2. The summed E-state index contributed by atoms with van der Waals surface area (Å²) >= 11 is 1.17. The lowest BCUT2D eigenvalue weighted by molar-refractivity contribution is -0.109. The topological polar surface area (TPSA) is 92.1 Å². The van der Waals surface area contributed by atoms with Gasteiger partial charge in [-0.3, -0.25) is 9.59 Å². The van der Waals surface area contributed by atoms with Crippen molar-refractivity contribution in [1.29, 1.82) is 0 Å². The van der Waals surface area contributed by atoms with Gasteiger partial charge in [-0.05, 0) is 40.9 Å². The molecule has 2 aromatic carbocycles. The maximum absolute atomic E-state index is 11.1. The van der Waals surface area contributed by atoms with E-state index in [-0.39, 0.29) is 11.7 Å². The average molecular weight is 341 g/mol. The summed E-state index contributed by atoms with van der Waals surface area (Å²) in [5.41, 5.74) is 11.3. The van der Waals surface area contributed by atoms with Crippen molar-refractivity contribution >= 4 is 28.9 Å². The molecule has 2 rings (SSSR count). The fourth-order valence-corrected chi connectivity index (χ4v) is 2.56. The Kier molecular flexibility index (Phi) is 6.42. The van der Waals surface area contributed by atoms with E-state index in [0.717, 1.165) is 17.4 Å². The minimum atomic E-state index is 0.0114. The van der Waals surface area contributed by atoms with Crippen molar-refractivity contribution in [2.75, 3.05) is 0 Å². The van der Waals surface area contributed by atoms with Crippen molar-refractivity contribution in [1.82, 2.24) is 0 Å². The van der Waals surface area contributed by atoms with E-state index in [1.165, 1.54) is 18.7 Å². The first-order valence-corrected chi connectivity index (χ1v) is 8.08. The molecule has 24 heavy (non-hydrogen) atoms. The first-order valence-electron chi connectivity index (χ1n) is 7.10. The molecule has 0 fully saturated rings. The molecule has 0 aliphatic rings. The van der Waals surface area contributed by atoms with E-state index in [1.807, 2.05) is 6.07 Å². The number of aldehydes is 1. The molecule has 0 aliphatic heterocycles. The Bertz CT molecular complexity index is 801. The minimum absolute atomic E-state index is 0.0114. The Morgan fingerprint density at radius 2 is 2.12 bits per heavy atom. The van der Waals surface area contributed by atoms with Crippen LogP contribution in [0.5, 0.6) is 5.75 Å². The zero-order valence-electron chi connectivity index (χ0n) is 13.0. The summed E-state index contributed by atoms with van der Waals surface area (Å²) in [6, 6.07) is 12.3. The number of rotatable bonds is 7. The van der Waals surface area contributed by atoms with E-state index in [2.05, 4.69) is 10.0 Å². The standard InChI is InChI=1S/C17H15N3O3S/c1-12(22)24-11-15-6-16(19-20-18)8-17(7-15)23-10-14-4-2-3-13(5-14)9-21/h2-9H,10-11H2,1H3. The number of hydrogen-bond acceptors (Lipinski definition) is 5. The molecule has 0 unspecified atom stereocenters. The molecular formula is C17H15N3O3S. The Hall–Kier alpha value is -2.76. The third kappa shape index (κ3) is 5.46. The van der Waals surface area contributed by atoms with Crippen LogP contribution in [0, 0.1) is 0 Å². The molecule has 0 bridgehead atoms. The van der Waals surface area contributed by atoms with Crippen LogP contribution in [0.4, 0.5) is 5.69 Å². The largest absolute Gasteiger partial charge is 0.489 e. The number of ether oxygens (including phenoxy) is 1. The summed E-state index contributed by atoms with van der Waals surface area (Å²) in [4.78, 5) is 24.7. The highest BCUT2D eigenvalue weighted by Crippen LogP contribution is 2.27. The lowest BCUT2D eigenvalue weighted by Gasteiger charge is -2.10. The normalized spacial score (nSPS) is 9.88. The van der Waals surface area contributed by atoms with Crippen molar-refractivity contribution in [2.24, 2.45) is 5.11 Å². The van der Waals surface area contributed by atoms with Gasteiger partial charge in [0.15, 0.2) is 5.12 Å². The number of azide groups is 1. The first kappa shape index (κ1) is 17.6. The minimum Gasteiger partial charge on any atom is -0.489 e. The Morgan fingerprint density at radius 1 is 1.29 bits per heavy atom.